The Labute approximate surface area is 107 Å². The number of hydrogen-bond donors (Lipinski definition) is 2. The molecule has 92 valence electrons. The molecule has 0 spiro atoms. The number of carbonyl (C=O) groups is 1. The highest BCUT2D eigenvalue weighted by Gasteiger charge is 2.11. The van der Waals surface area contributed by atoms with E-state index in [2.05, 4.69) is 5.16 Å². The molecule has 0 saturated heterocycles. The van der Waals surface area contributed by atoms with Crippen LogP contribution in [0.15, 0.2) is 39.9 Å². The van der Waals surface area contributed by atoms with Crippen molar-refractivity contribution in [2.45, 2.75) is 0 Å². The quantitative estimate of drug-likeness (QED) is 0.507. The first-order chi connectivity index (χ1) is 8.61. The van der Waals surface area contributed by atoms with Crippen LogP contribution >= 0.6 is 11.6 Å². The van der Waals surface area contributed by atoms with Crippen LogP contribution in [0.5, 0.6) is 0 Å². The topological polar surface area (TPSA) is 83.0 Å². The van der Waals surface area contributed by atoms with Crippen LogP contribution in [0, 0.1) is 0 Å². The first-order valence-electron chi connectivity index (χ1n) is 4.92. The lowest BCUT2D eigenvalue weighted by atomic mass is 10.1. The molecular formula is C12H8ClNO4. The smallest absolute Gasteiger partial charge is 0.337 e. The highest BCUT2D eigenvalue weighted by atomic mass is 35.5. The molecule has 0 aliphatic rings. The van der Waals surface area contributed by atoms with Crippen molar-refractivity contribution in [3.05, 3.63) is 46.7 Å². The molecule has 0 aliphatic heterocycles. The summed E-state index contributed by atoms with van der Waals surface area (Å²) in [7, 11) is 0. The molecule has 2 aromatic rings. The van der Waals surface area contributed by atoms with Crippen LogP contribution in [-0.4, -0.2) is 22.5 Å². The van der Waals surface area contributed by atoms with Crippen molar-refractivity contribution in [2.24, 2.45) is 5.16 Å². The van der Waals surface area contributed by atoms with E-state index < -0.39 is 5.97 Å². The van der Waals surface area contributed by atoms with E-state index in [9.17, 15) is 4.79 Å². The fraction of sp³-hybridized carbons (Fsp3) is 0. The lowest BCUT2D eigenvalue weighted by Gasteiger charge is -2.01. The first-order valence-corrected chi connectivity index (χ1v) is 5.30. The fourth-order valence-corrected chi connectivity index (χ4v) is 1.74. The Morgan fingerprint density at radius 3 is 2.72 bits per heavy atom. The van der Waals surface area contributed by atoms with Gasteiger partial charge in [0.25, 0.3) is 0 Å². The van der Waals surface area contributed by atoms with Gasteiger partial charge in [0.1, 0.15) is 17.7 Å². The highest BCUT2D eigenvalue weighted by molar-refractivity contribution is 6.33. The summed E-state index contributed by atoms with van der Waals surface area (Å²) < 4.78 is 5.35. The summed E-state index contributed by atoms with van der Waals surface area (Å²) in [6.45, 7) is 0. The maximum absolute atomic E-state index is 10.8. The van der Waals surface area contributed by atoms with E-state index in [1.165, 1.54) is 12.1 Å². The molecule has 5 nitrogen and oxygen atoms in total. The molecule has 0 aliphatic carbocycles. The van der Waals surface area contributed by atoms with Crippen molar-refractivity contribution in [2.75, 3.05) is 0 Å². The molecule has 18 heavy (non-hydrogen) atoms. The number of oxime groups is 1. The number of aromatic carboxylic acids is 1. The van der Waals surface area contributed by atoms with Gasteiger partial charge in [-0.25, -0.2) is 4.79 Å². The average Bonchev–Trinajstić information content (AvgIpc) is 2.77. The van der Waals surface area contributed by atoms with Crippen LogP contribution in [0.25, 0.3) is 11.3 Å². The summed E-state index contributed by atoms with van der Waals surface area (Å²) in [6, 6.07) is 7.79. The third kappa shape index (κ3) is 2.36. The zero-order valence-electron chi connectivity index (χ0n) is 9.00. The van der Waals surface area contributed by atoms with E-state index in [1.54, 1.807) is 18.2 Å². The van der Waals surface area contributed by atoms with E-state index in [0.717, 1.165) is 6.21 Å². The van der Waals surface area contributed by atoms with Crippen LogP contribution in [0.3, 0.4) is 0 Å². The Balaban J connectivity index is 2.39. The van der Waals surface area contributed by atoms with Crippen LogP contribution in [-0.2, 0) is 0 Å². The number of benzene rings is 1. The van der Waals surface area contributed by atoms with Gasteiger partial charge in [0.15, 0.2) is 0 Å². The summed E-state index contributed by atoms with van der Waals surface area (Å²) in [5, 5.41) is 20.2. The lowest BCUT2D eigenvalue weighted by molar-refractivity contribution is 0.0697. The van der Waals surface area contributed by atoms with Crippen molar-refractivity contribution < 1.29 is 19.5 Å². The second-order valence-corrected chi connectivity index (χ2v) is 3.85. The zero-order valence-corrected chi connectivity index (χ0v) is 9.76. The summed E-state index contributed by atoms with van der Waals surface area (Å²) in [6.07, 6.45) is 1.15. The normalized spacial score (nSPS) is 10.9. The fourth-order valence-electron chi connectivity index (χ4n) is 1.48. The maximum atomic E-state index is 10.8. The van der Waals surface area contributed by atoms with Gasteiger partial charge in [0.05, 0.1) is 10.6 Å². The lowest BCUT2D eigenvalue weighted by Crippen LogP contribution is -1.96. The summed E-state index contributed by atoms with van der Waals surface area (Å²) in [5.74, 6) is -0.200. The second-order valence-electron chi connectivity index (χ2n) is 3.45. The largest absolute Gasteiger partial charge is 0.478 e. The minimum atomic E-state index is -1.08. The Morgan fingerprint density at radius 1 is 1.33 bits per heavy atom. The first kappa shape index (κ1) is 12.2. The number of nitrogens with zero attached hydrogens (tertiary/aromatic N) is 1. The van der Waals surface area contributed by atoms with E-state index in [0.29, 0.717) is 17.1 Å². The molecule has 0 unspecified atom stereocenters. The molecule has 0 atom stereocenters. The number of rotatable bonds is 3. The van der Waals surface area contributed by atoms with E-state index in [1.807, 2.05) is 0 Å². The van der Waals surface area contributed by atoms with Crippen LogP contribution < -0.4 is 0 Å². The van der Waals surface area contributed by atoms with Crippen molar-refractivity contribution >= 4 is 23.8 Å². The highest BCUT2D eigenvalue weighted by Crippen LogP contribution is 2.27. The zero-order chi connectivity index (χ0) is 13.1. The summed E-state index contributed by atoms with van der Waals surface area (Å²) in [4.78, 5) is 10.8. The molecule has 0 radical (unpaired) electrons. The van der Waals surface area contributed by atoms with Crippen molar-refractivity contribution in [1.29, 1.82) is 0 Å². The molecule has 1 heterocycles. The summed E-state index contributed by atoms with van der Waals surface area (Å²) in [5.41, 5.74) is 0.673. The van der Waals surface area contributed by atoms with Crippen molar-refractivity contribution in [3.8, 4) is 11.3 Å². The minimum Gasteiger partial charge on any atom is -0.478 e. The van der Waals surface area contributed by atoms with Crippen LogP contribution in [0.4, 0.5) is 0 Å². The third-order valence-corrected chi connectivity index (χ3v) is 2.61. The average molecular weight is 266 g/mol. The van der Waals surface area contributed by atoms with E-state index in [4.69, 9.17) is 26.3 Å². The van der Waals surface area contributed by atoms with Crippen molar-refractivity contribution in [1.82, 2.24) is 0 Å². The molecule has 0 saturated carbocycles. The molecule has 1 aromatic carbocycles. The molecule has 2 N–H and O–H groups in total. The number of halogens is 1. The molecule has 1 aromatic heterocycles. The molecule has 0 fully saturated rings. The van der Waals surface area contributed by atoms with Gasteiger partial charge in [-0.2, -0.15) is 0 Å². The Morgan fingerprint density at radius 2 is 2.11 bits per heavy atom. The van der Waals surface area contributed by atoms with Gasteiger partial charge in [0.2, 0.25) is 0 Å². The molecule has 0 bridgehead atoms. The molecular weight excluding hydrogens is 258 g/mol. The standard InChI is InChI=1S/C12H8ClNO4/c13-10-5-7(1-3-9(10)12(15)16)11-4-2-8(18-11)6-14-17/h1-6,17H,(H,15,16)/b14-6+. The monoisotopic (exact) mass is 265 g/mol. The predicted octanol–water partition coefficient (Wildman–Crippen LogP) is 3.11. The van der Waals surface area contributed by atoms with Gasteiger partial charge >= 0.3 is 5.97 Å². The predicted molar refractivity (Wildman–Crippen MR) is 65.5 cm³/mol. The number of hydrogen-bond acceptors (Lipinski definition) is 4. The van der Waals surface area contributed by atoms with Gasteiger partial charge in [-0.1, -0.05) is 22.8 Å². The van der Waals surface area contributed by atoms with Gasteiger partial charge in [0, 0.05) is 5.56 Å². The minimum absolute atomic E-state index is 0.0316. The third-order valence-electron chi connectivity index (χ3n) is 2.30. The maximum Gasteiger partial charge on any atom is 0.337 e. The van der Waals surface area contributed by atoms with Gasteiger partial charge in [-0.15, -0.1) is 0 Å². The van der Waals surface area contributed by atoms with Crippen LogP contribution in [0.1, 0.15) is 16.1 Å². The Bertz CT molecular complexity index is 618. The summed E-state index contributed by atoms with van der Waals surface area (Å²) >= 11 is 5.85. The Kier molecular flexibility index (Phi) is 3.34. The molecule has 6 heteroatoms. The van der Waals surface area contributed by atoms with Crippen molar-refractivity contribution in [3.63, 3.8) is 0 Å². The van der Waals surface area contributed by atoms with E-state index >= 15 is 0 Å². The number of carboxylic acid groups (broad SMARTS) is 1. The van der Waals surface area contributed by atoms with Gasteiger partial charge in [-0.05, 0) is 24.3 Å². The Hall–Kier alpha value is -2.27. The number of carboxylic acids is 1. The molecule has 0 amide bonds. The van der Waals surface area contributed by atoms with E-state index in [-0.39, 0.29) is 10.6 Å². The second kappa shape index (κ2) is 4.93. The molecule has 2 rings (SSSR count). The van der Waals surface area contributed by atoms with Gasteiger partial charge in [-0.3, -0.25) is 0 Å². The number of furan rings is 1. The van der Waals surface area contributed by atoms with Crippen LogP contribution in [0.2, 0.25) is 5.02 Å². The SMILES string of the molecule is O=C(O)c1ccc(-c2ccc(/C=N/O)o2)cc1Cl. The van der Waals surface area contributed by atoms with Gasteiger partial charge < -0.3 is 14.7 Å².